The summed E-state index contributed by atoms with van der Waals surface area (Å²) in [4.78, 5) is 10.5. The predicted molar refractivity (Wildman–Crippen MR) is 59.0 cm³/mol. The number of nitro groups is 1. The van der Waals surface area contributed by atoms with Gasteiger partial charge in [0, 0.05) is 18.3 Å². The van der Waals surface area contributed by atoms with Gasteiger partial charge in [0.15, 0.2) is 0 Å². The Bertz CT molecular complexity index is 514. The van der Waals surface area contributed by atoms with Crippen LogP contribution in [-0.4, -0.2) is 9.49 Å². The maximum atomic E-state index is 10.8. The normalized spacial score (nSPS) is 11.1. The van der Waals surface area contributed by atoms with E-state index in [0.29, 0.717) is 11.4 Å². The fraction of sp³-hybridized carbons (Fsp3) is 0.273. The van der Waals surface area contributed by atoms with Crippen molar-refractivity contribution in [3.63, 3.8) is 0 Å². The van der Waals surface area contributed by atoms with Crippen molar-refractivity contribution < 1.29 is 4.92 Å². The van der Waals surface area contributed by atoms with Crippen LogP contribution in [-0.2, 0) is 0 Å². The Hall–Kier alpha value is -1.84. The average Bonchev–Trinajstić information content (AvgIpc) is 2.59. The fourth-order valence-corrected chi connectivity index (χ4v) is 1.78. The van der Waals surface area contributed by atoms with Crippen LogP contribution in [0.3, 0.4) is 0 Å². The lowest BCUT2D eigenvalue weighted by Gasteiger charge is -2.08. The Balaban J connectivity index is 2.74. The number of benzene rings is 1. The maximum absolute atomic E-state index is 10.8. The highest BCUT2D eigenvalue weighted by atomic mass is 16.6. The van der Waals surface area contributed by atoms with Crippen LogP contribution >= 0.6 is 0 Å². The molecule has 0 unspecified atom stereocenters. The minimum absolute atomic E-state index is 0.173. The minimum Gasteiger partial charge on any atom is -0.345 e. The van der Waals surface area contributed by atoms with Crippen molar-refractivity contribution >= 4 is 16.6 Å². The van der Waals surface area contributed by atoms with E-state index in [0.717, 1.165) is 5.52 Å². The molecule has 0 fully saturated rings. The van der Waals surface area contributed by atoms with Gasteiger partial charge in [-0.1, -0.05) is 6.07 Å². The summed E-state index contributed by atoms with van der Waals surface area (Å²) in [7, 11) is 0. The first-order valence-corrected chi connectivity index (χ1v) is 4.85. The van der Waals surface area contributed by atoms with Gasteiger partial charge in [0.2, 0.25) is 0 Å². The molecular formula is C11H12N2O2. The summed E-state index contributed by atoms with van der Waals surface area (Å²) in [6, 6.07) is 7.27. The molecule has 4 nitrogen and oxygen atoms in total. The Morgan fingerprint density at radius 3 is 2.67 bits per heavy atom. The van der Waals surface area contributed by atoms with Crippen molar-refractivity contribution in [1.82, 2.24) is 4.57 Å². The molecule has 0 aliphatic rings. The summed E-state index contributed by atoms with van der Waals surface area (Å²) in [5.74, 6) is 0. The quantitative estimate of drug-likeness (QED) is 0.557. The second-order valence-electron chi connectivity index (χ2n) is 3.78. The van der Waals surface area contributed by atoms with E-state index in [9.17, 15) is 10.1 Å². The fourth-order valence-electron chi connectivity index (χ4n) is 1.78. The number of aromatic nitrogens is 1. The van der Waals surface area contributed by atoms with E-state index in [2.05, 4.69) is 13.8 Å². The molecular weight excluding hydrogens is 192 g/mol. The van der Waals surface area contributed by atoms with E-state index in [1.165, 1.54) is 6.07 Å². The zero-order valence-corrected chi connectivity index (χ0v) is 8.68. The second-order valence-corrected chi connectivity index (χ2v) is 3.78. The first-order valence-electron chi connectivity index (χ1n) is 4.85. The largest absolute Gasteiger partial charge is 0.345 e. The van der Waals surface area contributed by atoms with Crippen molar-refractivity contribution in [2.75, 3.05) is 0 Å². The van der Waals surface area contributed by atoms with Gasteiger partial charge < -0.3 is 4.57 Å². The molecule has 0 N–H and O–H groups in total. The molecule has 0 bridgehead atoms. The van der Waals surface area contributed by atoms with Crippen LogP contribution in [0.15, 0.2) is 30.5 Å². The summed E-state index contributed by atoms with van der Waals surface area (Å²) >= 11 is 0. The molecule has 78 valence electrons. The molecule has 0 radical (unpaired) electrons. The van der Waals surface area contributed by atoms with Gasteiger partial charge in [-0.25, -0.2) is 0 Å². The van der Waals surface area contributed by atoms with Gasteiger partial charge >= 0.3 is 0 Å². The Morgan fingerprint density at radius 1 is 1.33 bits per heavy atom. The van der Waals surface area contributed by atoms with Crippen LogP contribution in [0.4, 0.5) is 5.69 Å². The molecule has 0 atom stereocenters. The standard InChI is InChI=1S/C11H12N2O2/c1-8(2)12-7-6-9-10(12)4-3-5-11(9)13(14)15/h3-8H,1-2H3. The molecule has 1 aromatic carbocycles. The summed E-state index contributed by atoms with van der Waals surface area (Å²) < 4.78 is 2.03. The number of rotatable bonds is 2. The van der Waals surface area contributed by atoms with E-state index < -0.39 is 0 Å². The van der Waals surface area contributed by atoms with Gasteiger partial charge in [-0.05, 0) is 26.0 Å². The SMILES string of the molecule is CC(C)n1ccc2c([N+](=O)[O-])cccc21. The number of hydrogen-bond donors (Lipinski definition) is 0. The minimum atomic E-state index is -0.340. The van der Waals surface area contributed by atoms with Crippen LogP contribution in [0.25, 0.3) is 10.9 Å². The van der Waals surface area contributed by atoms with Gasteiger partial charge in [0.25, 0.3) is 5.69 Å². The number of nitrogens with zero attached hydrogens (tertiary/aromatic N) is 2. The van der Waals surface area contributed by atoms with Gasteiger partial charge in [0.1, 0.15) is 0 Å². The molecule has 15 heavy (non-hydrogen) atoms. The predicted octanol–water partition coefficient (Wildman–Crippen LogP) is 3.13. The van der Waals surface area contributed by atoms with E-state index in [-0.39, 0.29) is 10.6 Å². The smallest absolute Gasteiger partial charge is 0.278 e. The summed E-state index contributed by atoms with van der Waals surface area (Å²) in [6.07, 6.45) is 1.89. The lowest BCUT2D eigenvalue weighted by atomic mass is 10.2. The Labute approximate surface area is 87.3 Å². The molecule has 0 amide bonds. The van der Waals surface area contributed by atoms with Gasteiger partial charge in [-0.15, -0.1) is 0 Å². The van der Waals surface area contributed by atoms with Gasteiger partial charge in [0.05, 0.1) is 15.8 Å². The first-order chi connectivity index (χ1) is 7.11. The molecule has 1 aromatic heterocycles. The molecule has 0 spiro atoms. The molecule has 0 aliphatic carbocycles. The van der Waals surface area contributed by atoms with Crippen LogP contribution in [0.1, 0.15) is 19.9 Å². The van der Waals surface area contributed by atoms with Gasteiger partial charge in [-0.3, -0.25) is 10.1 Å². The lowest BCUT2D eigenvalue weighted by molar-refractivity contribution is -0.383. The third kappa shape index (κ3) is 1.48. The number of hydrogen-bond acceptors (Lipinski definition) is 2. The summed E-state index contributed by atoms with van der Waals surface area (Å²) in [5, 5.41) is 11.5. The molecule has 0 saturated carbocycles. The highest BCUT2D eigenvalue weighted by Crippen LogP contribution is 2.27. The number of non-ortho nitro benzene ring substituents is 1. The lowest BCUT2D eigenvalue weighted by Crippen LogP contribution is -1.98. The van der Waals surface area contributed by atoms with Crippen LogP contribution < -0.4 is 0 Å². The van der Waals surface area contributed by atoms with Crippen molar-refractivity contribution in [2.24, 2.45) is 0 Å². The third-order valence-corrected chi connectivity index (χ3v) is 2.49. The number of nitro benzene ring substituents is 1. The Kier molecular flexibility index (Phi) is 2.19. The zero-order valence-electron chi connectivity index (χ0n) is 8.68. The van der Waals surface area contributed by atoms with E-state index in [1.807, 2.05) is 16.8 Å². The van der Waals surface area contributed by atoms with E-state index in [4.69, 9.17) is 0 Å². The van der Waals surface area contributed by atoms with Crippen molar-refractivity contribution in [3.8, 4) is 0 Å². The summed E-state index contributed by atoms with van der Waals surface area (Å²) in [5.41, 5.74) is 1.09. The van der Waals surface area contributed by atoms with E-state index in [1.54, 1.807) is 12.1 Å². The Morgan fingerprint density at radius 2 is 2.07 bits per heavy atom. The molecule has 4 heteroatoms. The highest BCUT2D eigenvalue weighted by molar-refractivity contribution is 5.89. The van der Waals surface area contributed by atoms with Crippen LogP contribution in [0.2, 0.25) is 0 Å². The van der Waals surface area contributed by atoms with Crippen molar-refractivity contribution in [3.05, 3.63) is 40.6 Å². The highest BCUT2D eigenvalue weighted by Gasteiger charge is 2.14. The number of fused-ring (bicyclic) bond motifs is 1. The van der Waals surface area contributed by atoms with Crippen LogP contribution in [0.5, 0.6) is 0 Å². The first kappa shape index (κ1) is 9.71. The van der Waals surface area contributed by atoms with Crippen molar-refractivity contribution in [1.29, 1.82) is 0 Å². The summed E-state index contributed by atoms with van der Waals surface area (Å²) in [6.45, 7) is 4.11. The average molecular weight is 204 g/mol. The molecule has 2 aromatic rings. The topological polar surface area (TPSA) is 48.1 Å². The second kappa shape index (κ2) is 3.38. The molecule has 2 rings (SSSR count). The molecule has 1 heterocycles. The maximum Gasteiger partial charge on any atom is 0.278 e. The van der Waals surface area contributed by atoms with Crippen LogP contribution in [0, 0.1) is 10.1 Å². The molecule has 0 saturated heterocycles. The van der Waals surface area contributed by atoms with Crippen molar-refractivity contribution in [2.45, 2.75) is 19.9 Å². The zero-order chi connectivity index (χ0) is 11.0. The molecule has 0 aliphatic heterocycles. The third-order valence-electron chi connectivity index (χ3n) is 2.49. The monoisotopic (exact) mass is 204 g/mol. The van der Waals surface area contributed by atoms with E-state index >= 15 is 0 Å². The van der Waals surface area contributed by atoms with Gasteiger partial charge in [-0.2, -0.15) is 0 Å².